The summed E-state index contributed by atoms with van der Waals surface area (Å²) in [4.78, 5) is 12.4. The van der Waals surface area contributed by atoms with Gasteiger partial charge in [-0.1, -0.05) is 18.2 Å². The predicted octanol–water partition coefficient (Wildman–Crippen LogP) is 4.07. The van der Waals surface area contributed by atoms with Gasteiger partial charge in [-0.3, -0.25) is 4.79 Å². The van der Waals surface area contributed by atoms with Crippen molar-refractivity contribution in [1.82, 2.24) is 9.78 Å². The molecule has 7 heteroatoms. The van der Waals surface area contributed by atoms with Crippen LogP contribution in [0.25, 0.3) is 0 Å². The van der Waals surface area contributed by atoms with Crippen LogP contribution < -0.4 is 10.1 Å². The van der Waals surface area contributed by atoms with Crippen LogP contribution in [0.3, 0.4) is 0 Å². The number of carbonyl (C=O) groups excluding carboxylic acids is 1. The Morgan fingerprint density at radius 1 is 1.15 bits per heavy atom. The third-order valence-corrected chi connectivity index (χ3v) is 3.84. The summed E-state index contributed by atoms with van der Waals surface area (Å²) in [6.07, 6.45) is 1.54. The van der Waals surface area contributed by atoms with Crippen molar-refractivity contribution in [2.24, 2.45) is 0 Å². The molecule has 3 aromatic rings. The fourth-order valence-corrected chi connectivity index (χ4v) is 2.47. The Bertz CT molecular complexity index is 933. The Labute approximate surface area is 149 Å². The summed E-state index contributed by atoms with van der Waals surface area (Å²) in [6, 6.07) is 10.3. The number of hydrogen-bond donors (Lipinski definition) is 1. The predicted molar refractivity (Wildman–Crippen MR) is 93.1 cm³/mol. The number of amides is 1. The molecule has 0 aliphatic rings. The van der Waals surface area contributed by atoms with Crippen LogP contribution in [0.15, 0.2) is 48.7 Å². The zero-order valence-corrected chi connectivity index (χ0v) is 14.3. The third kappa shape index (κ3) is 3.88. The normalized spacial score (nSPS) is 10.6. The molecule has 5 nitrogen and oxygen atoms in total. The first kappa shape index (κ1) is 17.6. The fourth-order valence-electron chi connectivity index (χ4n) is 2.47. The van der Waals surface area contributed by atoms with Crippen molar-refractivity contribution in [3.63, 3.8) is 0 Å². The number of aromatic nitrogens is 2. The Morgan fingerprint density at radius 3 is 2.58 bits per heavy atom. The molecule has 134 valence electrons. The van der Waals surface area contributed by atoms with Crippen molar-refractivity contribution in [2.45, 2.75) is 20.6 Å². The van der Waals surface area contributed by atoms with Gasteiger partial charge in [-0.15, -0.1) is 0 Å². The highest BCUT2D eigenvalue weighted by atomic mass is 19.1. The van der Waals surface area contributed by atoms with Gasteiger partial charge < -0.3 is 10.1 Å². The maximum absolute atomic E-state index is 13.5. The van der Waals surface area contributed by atoms with Crippen LogP contribution >= 0.6 is 0 Å². The molecule has 0 saturated heterocycles. The van der Waals surface area contributed by atoms with Crippen LogP contribution in [0, 0.1) is 25.5 Å². The van der Waals surface area contributed by atoms with Gasteiger partial charge >= 0.3 is 0 Å². The van der Waals surface area contributed by atoms with Crippen LogP contribution in [0.1, 0.15) is 21.6 Å². The number of aryl methyl sites for hydroxylation is 2. The molecule has 26 heavy (non-hydrogen) atoms. The first-order valence-corrected chi connectivity index (χ1v) is 7.93. The van der Waals surface area contributed by atoms with E-state index in [1.807, 2.05) is 32.0 Å². The number of ether oxygens (including phenoxy) is 1. The number of para-hydroxylation sites is 1. The molecule has 1 heterocycles. The lowest BCUT2D eigenvalue weighted by Gasteiger charge is -2.10. The van der Waals surface area contributed by atoms with E-state index < -0.39 is 11.6 Å². The topological polar surface area (TPSA) is 56.2 Å². The van der Waals surface area contributed by atoms with Crippen LogP contribution in [0.2, 0.25) is 0 Å². The quantitative estimate of drug-likeness (QED) is 0.749. The molecule has 0 fully saturated rings. The van der Waals surface area contributed by atoms with Gasteiger partial charge in [0.15, 0.2) is 24.0 Å². The van der Waals surface area contributed by atoms with E-state index in [2.05, 4.69) is 10.4 Å². The van der Waals surface area contributed by atoms with E-state index in [4.69, 9.17) is 4.74 Å². The van der Waals surface area contributed by atoms with E-state index >= 15 is 0 Å². The molecule has 0 saturated carbocycles. The zero-order valence-electron chi connectivity index (χ0n) is 14.3. The highest BCUT2D eigenvalue weighted by Gasteiger charge is 2.13. The fraction of sp³-hybridized carbons (Fsp3) is 0.158. The second kappa shape index (κ2) is 7.35. The summed E-state index contributed by atoms with van der Waals surface area (Å²) in [7, 11) is 0. The lowest BCUT2D eigenvalue weighted by molar-refractivity contribution is 0.102. The minimum Gasteiger partial charge on any atom is -0.468 e. The summed E-state index contributed by atoms with van der Waals surface area (Å²) in [5, 5.41) is 6.95. The number of nitrogens with zero attached hydrogens (tertiary/aromatic N) is 2. The summed E-state index contributed by atoms with van der Waals surface area (Å²) < 4.78 is 33.0. The molecule has 1 N–H and O–H groups in total. The highest BCUT2D eigenvalue weighted by Crippen LogP contribution is 2.20. The van der Waals surface area contributed by atoms with E-state index in [1.165, 1.54) is 16.8 Å². The molecule has 0 radical (unpaired) electrons. The van der Waals surface area contributed by atoms with E-state index in [0.29, 0.717) is 0 Å². The Hall–Kier alpha value is -3.22. The summed E-state index contributed by atoms with van der Waals surface area (Å²) in [5.41, 5.74) is 2.85. The van der Waals surface area contributed by atoms with Gasteiger partial charge in [-0.2, -0.15) is 5.10 Å². The molecule has 1 amide bonds. The number of anilines is 1. The molecule has 2 aromatic carbocycles. The molecular formula is C19H17F2N3O2. The number of halogens is 2. The van der Waals surface area contributed by atoms with Gasteiger partial charge in [-0.25, -0.2) is 13.5 Å². The van der Waals surface area contributed by atoms with Crippen molar-refractivity contribution in [3.8, 4) is 5.75 Å². The smallest absolute Gasteiger partial charge is 0.276 e. The monoisotopic (exact) mass is 357 g/mol. The molecular weight excluding hydrogens is 340 g/mol. The van der Waals surface area contributed by atoms with Crippen molar-refractivity contribution in [3.05, 3.63) is 77.1 Å². The first-order valence-electron chi connectivity index (χ1n) is 7.93. The first-order chi connectivity index (χ1) is 12.4. The second-order valence-corrected chi connectivity index (χ2v) is 5.81. The van der Waals surface area contributed by atoms with Gasteiger partial charge in [0, 0.05) is 18.0 Å². The van der Waals surface area contributed by atoms with Gasteiger partial charge in [-0.05, 0) is 43.2 Å². The van der Waals surface area contributed by atoms with Gasteiger partial charge in [0.25, 0.3) is 5.91 Å². The average molecular weight is 357 g/mol. The molecule has 0 atom stereocenters. The van der Waals surface area contributed by atoms with Gasteiger partial charge in [0.05, 0.1) is 0 Å². The molecule has 0 spiro atoms. The summed E-state index contributed by atoms with van der Waals surface area (Å²) >= 11 is 0. The van der Waals surface area contributed by atoms with Gasteiger partial charge in [0.2, 0.25) is 0 Å². The van der Waals surface area contributed by atoms with E-state index in [9.17, 15) is 13.6 Å². The van der Waals surface area contributed by atoms with Crippen molar-refractivity contribution in [2.75, 3.05) is 5.32 Å². The second-order valence-electron chi connectivity index (χ2n) is 5.81. The van der Waals surface area contributed by atoms with Crippen LogP contribution in [-0.2, 0) is 6.73 Å². The summed E-state index contributed by atoms with van der Waals surface area (Å²) in [5.74, 6) is -1.93. The minimum absolute atomic E-state index is 0.0940. The van der Waals surface area contributed by atoms with Crippen LogP contribution in [0.5, 0.6) is 5.75 Å². The number of carbonyl (C=O) groups is 1. The maximum Gasteiger partial charge on any atom is 0.276 e. The summed E-state index contributed by atoms with van der Waals surface area (Å²) in [6.45, 7) is 3.71. The molecule has 1 aromatic heterocycles. The molecule has 3 rings (SSSR count). The minimum atomic E-state index is -0.801. The number of nitrogens with one attached hydrogen (secondary N) is 1. The molecule has 0 bridgehead atoms. The standard InChI is InChI=1S/C19H17F2N3O2/c1-12-4-3-5-13(2)18(12)22-19(25)16-8-9-24(23-16)11-26-17-7-6-14(20)10-15(17)21/h3-10H,11H2,1-2H3,(H,22,25). The molecule has 0 unspecified atom stereocenters. The lowest BCUT2D eigenvalue weighted by Crippen LogP contribution is -2.15. The SMILES string of the molecule is Cc1cccc(C)c1NC(=O)c1ccn(COc2ccc(F)cc2F)n1. The lowest BCUT2D eigenvalue weighted by atomic mass is 10.1. The van der Waals surface area contributed by atoms with Crippen LogP contribution in [0.4, 0.5) is 14.5 Å². The van der Waals surface area contributed by atoms with E-state index in [0.717, 1.165) is 28.9 Å². The van der Waals surface area contributed by atoms with Crippen molar-refractivity contribution < 1.29 is 18.3 Å². The highest BCUT2D eigenvalue weighted by molar-refractivity contribution is 6.03. The average Bonchev–Trinajstić information content (AvgIpc) is 3.06. The van der Waals surface area contributed by atoms with Crippen LogP contribution in [-0.4, -0.2) is 15.7 Å². The van der Waals surface area contributed by atoms with E-state index in [-0.39, 0.29) is 24.1 Å². The van der Waals surface area contributed by atoms with Crippen molar-refractivity contribution in [1.29, 1.82) is 0 Å². The Balaban J connectivity index is 1.66. The number of benzene rings is 2. The largest absolute Gasteiger partial charge is 0.468 e. The van der Waals surface area contributed by atoms with Crippen molar-refractivity contribution >= 4 is 11.6 Å². The number of rotatable bonds is 5. The molecule has 0 aliphatic carbocycles. The third-order valence-electron chi connectivity index (χ3n) is 3.84. The number of hydrogen-bond acceptors (Lipinski definition) is 3. The Morgan fingerprint density at radius 2 is 1.88 bits per heavy atom. The Kier molecular flexibility index (Phi) is 4.97. The molecule has 0 aliphatic heterocycles. The van der Waals surface area contributed by atoms with Gasteiger partial charge in [0.1, 0.15) is 5.82 Å². The maximum atomic E-state index is 13.5. The van der Waals surface area contributed by atoms with E-state index in [1.54, 1.807) is 6.20 Å². The zero-order chi connectivity index (χ0) is 18.7.